The van der Waals surface area contributed by atoms with E-state index >= 15 is 0 Å². The van der Waals surface area contributed by atoms with Crippen molar-refractivity contribution in [3.8, 4) is 11.5 Å². The summed E-state index contributed by atoms with van der Waals surface area (Å²) < 4.78 is 26.9. The van der Waals surface area contributed by atoms with E-state index < -0.39 is 41.8 Å². The molecule has 0 amide bonds. The molecule has 1 aromatic carbocycles. The highest BCUT2D eigenvalue weighted by molar-refractivity contribution is 5.83. The van der Waals surface area contributed by atoms with Crippen LogP contribution >= 0.6 is 0 Å². The van der Waals surface area contributed by atoms with Gasteiger partial charge in [0.15, 0.2) is 11.5 Å². The molecule has 10 heteroatoms. The minimum Gasteiger partial charge on any atom is -0.457 e. The normalized spacial score (nSPS) is 14.3. The van der Waals surface area contributed by atoms with Crippen molar-refractivity contribution >= 4 is 24.1 Å². The first-order valence-corrected chi connectivity index (χ1v) is 14.5. The van der Waals surface area contributed by atoms with Gasteiger partial charge in [0.2, 0.25) is 0 Å². The van der Waals surface area contributed by atoms with E-state index in [1.54, 1.807) is 13.8 Å². The molecule has 3 atom stereocenters. The summed E-state index contributed by atoms with van der Waals surface area (Å²) >= 11 is 0. The lowest BCUT2D eigenvalue weighted by Crippen LogP contribution is -2.46. The standard InChI is InChI=1S/C31H49NO9/c1-9-11-13-15-26(33)40-24-18-17-23(19-25(24)41-27(34)16-14-12-10-2)31(8,32)28(35)38-21(3)22(4)39-29(36)37-20-30(5,6)7/h17-19,21-22H,9-16,20,32H2,1-8H3/t21-,22-,31-/m0/s1. The summed E-state index contributed by atoms with van der Waals surface area (Å²) in [7, 11) is 0. The minimum atomic E-state index is -1.67. The number of carbonyl (C=O) groups is 4. The van der Waals surface area contributed by atoms with Gasteiger partial charge in [-0.25, -0.2) is 9.59 Å². The van der Waals surface area contributed by atoms with Crippen molar-refractivity contribution in [1.29, 1.82) is 0 Å². The van der Waals surface area contributed by atoms with Gasteiger partial charge in [-0.2, -0.15) is 0 Å². The average molecular weight is 580 g/mol. The molecule has 0 aliphatic carbocycles. The number of ether oxygens (including phenoxy) is 5. The number of hydrogen-bond acceptors (Lipinski definition) is 10. The van der Waals surface area contributed by atoms with E-state index in [2.05, 4.69) is 0 Å². The Balaban J connectivity index is 3.05. The number of nitrogens with two attached hydrogens (primary N) is 1. The Morgan fingerprint density at radius 2 is 1.29 bits per heavy atom. The van der Waals surface area contributed by atoms with E-state index in [9.17, 15) is 19.2 Å². The Bertz CT molecular complexity index is 1010. The van der Waals surface area contributed by atoms with Gasteiger partial charge in [0, 0.05) is 12.8 Å². The van der Waals surface area contributed by atoms with Crippen molar-refractivity contribution in [2.24, 2.45) is 11.1 Å². The van der Waals surface area contributed by atoms with E-state index in [0.717, 1.165) is 25.7 Å². The van der Waals surface area contributed by atoms with Gasteiger partial charge < -0.3 is 29.4 Å². The third-order valence-electron chi connectivity index (χ3n) is 6.24. The zero-order chi connectivity index (χ0) is 31.2. The third-order valence-corrected chi connectivity index (χ3v) is 6.24. The highest BCUT2D eigenvalue weighted by Gasteiger charge is 2.36. The minimum absolute atomic E-state index is 0.0105. The van der Waals surface area contributed by atoms with E-state index in [-0.39, 0.29) is 41.9 Å². The van der Waals surface area contributed by atoms with Crippen molar-refractivity contribution < 1.29 is 42.9 Å². The zero-order valence-electron chi connectivity index (χ0n) is 26.0. The molecule has 0 bridgehead atoms. The van der Waals surface area contributed by atoms with E-state index in [4.69, 9.17) is 29.4 Å². The fraction of sp³-hybridized carbons (Fsp3) is 0.677. The molecule has 232 valence electrons. The Hall–Kier alpha value is -3.14. The van der Waals surface area contributed by atoms with Crippen LogP contribution in [0.5, 0.6) is 11.5 Å². The molecule has 0 heterocycles. The molecule has 0 spiro atoms. The molecule has 0 aromatic heterocycles. The van der Waals surface area contributed by atoms with Crippen molar-refractivity contribution in [2.75, 3.05) is 6.61 Å². The molecular formula is C31H49NO9. The Morgan fingerprint density at radius 1 is 0.780 bits per heavy atom. The third kappa shape index (κ3) is 13.4. The number of unbranched alkanes of at least 4 members (excludes halogenated alkanes) is 4. The van der Waals surface area contributed by atoms with Gasteiger partial charge in [-0.1, -0.05) is 66.4 Å². The van der Waals surface area contributed by atoms with Gasteiger partial charge >= 0.3 is 24.1 Å². The summed E-state index contributed by atoms with van der Waals surface area (Å²) in [6.07, 6.45) is 2.90. The highest BCUT2D eigenvalue weighted by atomic mass is 16.7. The van der Waals surface area contributed by atoms with Crippen LogP contribution < -0.4 is 15.2 Å². The average Bonchev–Trinajstić information content (AvgIpc) is 2.88. The lowest BCUT2D eigenvalue weighted by molar-refractivity contribution is -0.160. The SMILES string of the molecule is CCCCCC(=O)Oc1ccc([C@](C)(N)C(=O)O[C@@H](C)[C@H](C)OC(=O)OCC(C)(C)C)cc1OC(=O)CCCCC. The van der Waals surface area contributed by atoms with Gasteiger partial charge in [-0.15, -0.1) is 0 Å². The highest BCUT2D eigenvalue weighted by Crippen LogP contribution is 2.33. The van der Waals surface area contributed by atoms with Crippen molar-refractivity contribution in [1.82, 2.24) is 0 Å². The fourth-order valence-electron chi connectivity index (χ4n) is 3.44. The van der Waals surface area contributed by atoms with E-state index in [1.165, 1.54) is 25.1 Å². The number of esters is 3. The molecule has 0 saturated carbocycles. The van der Waals surface area contributed by atoms with Crippen LogP contribution in [0.4, 0.5) is 4.79 Å². The van der Waals surface area contributed by atoms with Crippen molar-refractivity contribution in [3.05, 3.63) is 23.8 Å². The van der Waals surface area contributed by atoms with Crippen LogP contribution in [0.3, 0.4) is 0 Å². The van der Waals surface area contributed by atoms with Gasteiger partial charge in [-0.3, -0.25) is 9.59 Å². The van der Waals surface area contributed by atoms with Crippen LogP contribution in [0.15, 0.2) is 18.2 Å². The molecule has 41 heavy (non-hydrogen) atoms. The van der Waals surface area contributed by atoms with Crippen LogP contribution in [-0.4, -0.2) is 42.9 Å². The van der Waals surface area contributed by atoms with Crippen molar-refractivity contribution in [3.63, 3.8) is 0 Å². The lowest BCUT2D eigenvalue weighted by atomic mass is 9.93. The molecule has 0 aliphatic heterocycles. The van der Waals surface area contributed by atoms with Crippen LogP contribution in [0.1, 0.15) is 112 Å². The molecule has 1 aromatic rings. The maximum absolute atomic E-state index is 13.1. The second kappa shape index (κ2) is 17.0. The second-order valence-electron chi connectivity index (χ2n) is 11.8. The predicted octanol–water partition coefficient (Wildman–Crippen LogP) is 6.35. The van der Waals surface area contributed by atoms with Gasteiger partial charge in [0.1, 0.15) is 17.7 Å². The predicted molar refractivity (Wildman–Crippen MR) is 154 cm³/mol. The molecular weight excluding hydrogens is 530 g/mol. The topological polar surface area (TPSA) is 140 Å². The number of rotatable bonds is 16. The molecule has 2 N–H and O–H groups in total. The zero-order valence-corrected chi connectivity index (χ0v) is 26.0. The molecule has 0 radical (unpaired) electrons. The molecule has 10 nitrogen and oxygen atoms in total. The number of carbonyl (C=O) groups excluding carboxylic acids is 4. The smallest absolute Gasteiger partial charge is 0.457 e. The Kier molecular flexibility index (Phi) is 14.8. The summed E-state index contributed by atoms with van der Waals surface area (Å²) in [5.41, 5.74) is 4.77. The van der Waals surface area contributed by atoms with Crippen LogP contribution in [0.2, 0.25) is 0 Å². The summed E-state index contributed by atoms with van der Waals surface area (Å²) in [6.45, 7) is 14.6. The van der Waals surface area contributed by atoms with E-state index in [0.29, 0.717) is 12.8 Å². The number of benzene rings is 1. The van der Waals surface area contributed by atoms with Gasteiger partial charge in [-0.05, 0) is 56.7 Å². The summed E-state index contributed by atoms with van der Waals surface area (Å²) in [6, 6.07) is 4.36. The molecule has 0 saturated heterocycles. The Labute approximate surface area is 244 Å². The van der Waals surface area contributed by atoms with Crippen LogP contribution in [0, 0.1) is 5.41 Å². The number of hydrogen-bond donors (Lipinski definition) is 1. The lowest BCUT2D eigenvalue weighted by Gasteiger charge is -2.28. The Morgan fingerprint density at radius 3 is 1.80 bits per heavy atom. The quantitative estimate of drug-likeness (QED) is 0.134. The first kappa shape index (κ1) is 35.9. The first-order chi connectivity index (χ1) is 19.1. The second-order valence-corrected chi connectivity index (χ2v) is 11.8. The summed E-state index contributed by atoms with van der Waals surface area (Å²) in [4.78, 5) is 50.0. The molecule has 0 aliphatic rings. The molecule has 1 rings (SSSR count). The monoisotopic (exact) mass is 579 g/mol. The van der Waals surface area contributed by atoms with Gasteiger partial charge in [0.05, 0.1) is 6.61 Å². The maximum Gasteiger partial charge on any atom is 0.508 e. The first-order valence-electron chi connectivity index (χ1n) is 14.5. The van der Waals surface area contributed by atoms with Crippen LogP contribution in [-0.2, 0) is 34.1 Å². The summed E-state index contributed by atoms with van der Waals surface area (Å²) in [5.74, 6) is -1.68. The summed E-state index contributed by atoms with van der Waals surface area (Å²) in [5, 5.41) is 0. The van der Waals surface area contributed by atoms with Crippen molar-refractivity contribution in [2.45, 2.75) is 125 Å². The molecule has 0 fully saturated rings. The van der Waals surface area contributed by atoms with Crippen LogP contribution in [0.25, 0.3) is 0 Å². The largest absolute Gasteiger partial charge is 0.508 e. The van der Waals surface area contributed by atoms with Gasteiger partial charge in [0.25, 0.3) is 0 Å². The van der Waals surface area contributed by atoms with E-state index in [1.807, 2.05) is 34.6 Å². The maximum atomic E-state index is 13.1. The fourth-order valence-corrected chi connectivity index (χ4v) is 3.44. The molecule has 0 unspecified atom stereocenters.